The number of amides is 1. The van der Waals surface area contributed by atoms with Gasteiger partial charge in [0.05, 0.1) is 0 Å². The van der Waals surface area contributed by atoms with Crippen LogP contribution in [0.1, 0.15) is 22.3 Å². The quantitative estimate of drug-likeness (QED) is 0.689. The first-order valence-electron chi connectivity index (χ1n) is 8.55. The maximum Gasteiger partial charge on any atom is 0.271 e. The van der Waals surface area contributed by atoms with Gasteiger partial charge in [0, 0.05) is 62.0 Å². The molecule has 0 N–H and O–H groups in total. The number of aryl methyl sites for hydroxylation is 1. The number of fused-ring (bicyclic) bond motifs is 1. The molecule has 4 heterocycles. The fourth-order valence-electron chi connectivity index (χ4n) is 3.32. The molecule has 0 aliphatic carbocycles. The minimum absolute atomic E-state index is 0.134. The summed E-state index contributed by atoms with van der Waals surface area (Å²) in [6.45, 7) is 4.85. The van der Waals surface area contributed by atoms with Gasteiger partial charge in [0.1, 0.15) is 5.56 Å². The van der Waals surface area contributed by atoms with Crippen LogP contribution in [0, 0.1) is 6.92 Å². The highest BCUT2D eigenvalue weighted by atomic mass is 32.1. The van der Waals surface area contributed by atoms with Crippen LogP contribution in [0.4, 0.5) is 5.69 Å². The zero-order valence-corrected chi connectivity index (χ0v) is 15.3. The molecule has 134 valence electrons. The molecule has 1 fully saturated rings. The van der Waals surface area contributed by atoms with E-state index in [0.717, 1.165) is 30.8 Å². The summed E-state index contributed by atoms with van der Waals surface area (Å²) >= 11 is 1.38. The molecule has 8 heteroatoms. The van der Waals surface area contributed by atoms with Gasteiger partial charge >= 0.3 is 0 Å². The van der Waals surface area contributed by atoms with Crippen LogP contribution in [0.25, 0.3) is 4.96 Å². The van der Waals surface area contributed by atoms with E-state index in [9.17, 15) is 9.59 Å². The lowest BCUT2D eigenvalue weighted by Gasteiger charge is -2.24. The highest BCUT2D eigenvalue weighted by molar-refractivity contribution is 7.15. The van der Waals surface area contributed by atoms with Crippen molar-refractivity contribution in [2.75, 3.05) is 31.1 Å². The molecule has 7 nitrogen and oxygen atoms in total. The Bertz CT molecular complexity index is 1010. The lowest BCUT2D eigenvalue weighted by Crippen LogP contribution is -2.38. The second-order valence-electron chi connectivity index (χ2n) is 6.33. The Labute approximate surface area is 154 Å². The van der Waals surface area contributed by atoms with Gasteiger partial charge in [0.2, 0.25) is 0 Å². The second-order valence-corrected chi connectivity index (χ2v) is 7.20. The van der Waals surface area contributed by atoms with E-state index in [2.05, 4.69) is 14.9 Å². The fourth-order valence-corrected chi connectivity index (χ4v) is 4.00. The minimum Gasteiger partial charge on any atom is -0.369 e. The van der Waals surface area contributed by atoms with Gasteiger partial charge in [0.25, 0.3) is 11.5 Å². The van der Waals surface area contributed by atoms with Crippen molar-refractivity contribution in [3.63, 3.8) is 0 Å². The molecule has 0 unspecified atom stereocenters. The summed E-state index contributed by atoms with van der Waals surface area (Å²) in [4.78, 5) is 38.5. The molecule has 1 aliphatic rings. The van der Waals surface area contributed by atoms with E-state index in [1.54, 1.807) is 22.7 Å². The predicted molar refractivity (Wildman–Crippen MR) is 101 cm³/mol. The number of anilines is 1. The number of carbonyl (C=O) groups excluding carboxylic acids is 1. The number of thiazole rings is 1. The summed E-state index contributed by atoms with van der Waals surface area (Å²) in [6.07, 6.45) is 7.56. The van der Waals surface area contributed by atoms with Crippen molar-refractivity contribution < 1.29 is 4.79 Å². The Kier molecular flexibility index (Phi) is 4.42. The van der Waals surface area contributed by atoms with E-state index >= 15 is 0 Å². The molecule has 26 heavy (non-hydrogen) atoms. The summed E-state index contributed by atoms with van der Waals surface area (Å²) in [5.74, 6) is -0.239. The topological polar surface area (TPSA) is 70.8 Å². The van der Waals surface area contributed by atoms with Crippen molar-refractivity contribution in [3.8, 4) is 0 Å². The summed E-state index contributed by atoms with van der Waals surface area (Å²) < 4.78 is 1.43. The number of hydrogen-bond acceptors (Lipinski definition) is 6. The van der Waals surface area contributed by atoms with Crippen molar-refractivity contribution >= 4 is 27.9 Å². The smallest absolute Gasteiger partial charge is 0.271 e. The average molecular weight is 369 g/mol. The lowest BCUT2D eigenvalue weighted by molar-refractivity contribution is 0.0764. The molecule has 1 saturated heterocycles. The predicted octanol–water partition coefficient (Wildman–Crippen LogP) is 1.81. The van der Waals surface area contributed by atoms with Crippen LogP contribution in [0.5, 0.6) is 0 Å². The Morgan fingerprint density at radius 1 is 1.19 bits per heavy atom. The molecule has 1 aliphatic heterocycles. The van der Waals surface area contributed by atoms with Crippen molar-refractivity contribution in [2.24, 2.45) is 0 Å². The summed E-state index contributed by atoms with van der Waals surface area (Å²) in [5, 5.41) is 1.79. The summed E-state index contributed by atoms with van der Waals surface area (Å²) in [7, 11) is 0. The van der Waals surface area contributed by atoms with Gasteiger partial charge < -0.3 is 9.80 Å². The molecule has 0 aromatic carbocycles. The van der Waals surface area contributed by atoms with Crippen LogP contribution in [0.3, 0.4) is 0 Å². The number of nitrogens with zero attached hydrogens (tertiary/aromatic N) is 5. The molecule has 0 spiro atoms. The Balaban J connectivity index is 1.55. The zero-order chi connectivity index (χ0) is 18.1. The molecule has 3 aromatic rings. The van der Waals surface area contributed by atoms with Gasteiger partial charge in [-0.3, -0.25) is 19.0 Å². The number of pyridine rings is 1. The molecular formula is C18H19N5O2S. The minimum atomic E-state index is -0.299. The normalized spacial score (nSPS) is 15.3. The maximum atomic E-state index is 12.9. The first kappa shape index (κ1) is 16.7. The summed E-state index contributed by atoms with van der Waals surface area (Å²) in [5.41, 5.74) is 2.11. The van der Waals surface area contributed by atoms with Crippen molar-refractivity contribution in [2.45, 2.75) is 13.3 Å². The van der Waals surface area contributed by atoms with Gasteiger partial charge in [-0.25, -0.2) is 4.98 Å². The van der Waals surface area contributed by atoms with E-state index in [1.807, 2.05) is 19.2 Å². The van der Waals surface area contributed by atoms with Gasteiger partial charge in [0.15, 0.2) is 4.96 Å². The number of hydrogen-bond donors (Lipinski definition) is 0. The fraction of sp³-hybridized carbons (Fsp3) is 0.333. The molecule has 0 bridgehead atoms. The molecule has 1 amide bonds. The highest BCUT2D eigenvalue weighted by Crippen LogP contribution is 2.20. The molecule has 4 rings (SSSR count). The summed E-state index contributed by atoms with van der Waals surface area (Å²) in [6, 6.07) is 2.01. The Hall–Kier alpha value is -2.74. The van der Waals surface area contributed by atoms with Crippen molar-refractivity contribution in [1.29, 1.82) is 0 Å². The monoisotopic (exact) mass is 369 g/mol. The number of rotatable bonds is 2. The first-order chi connectivity index (χ1) is 12.6. The van der Waals surface area contributed by atoms with Gasteiger partial charge in [-0.05, 0) is 25.0 Å². The van der Waals surface area contributed by atoms with Crippen molar-refractivity contribution in [3.05, 3.63) is 57.7 Å². The third kappa shape index (κ3) is 2.96. The van der Waals surface area contributed by atoms with Crippen LogP contribution < -0.4 is 10.5 Å². The standard InChI is InChI=1S/C18H19N5O2S/c1-13-11-19-4-3-15(13)21-5-2-6-22(8-7-21)16(24)14-12-20-18-23(17(14)25)9-10-26-18/h3-4,9-12H,2,5-8H2,1H3. The molecule has 0 atom stereocenters. The van der Waals surface area contributed by atoms with Crippen molar-refractivity contribution in [1.82, 2.24) is 19.3 Å². The van der Waals surface area contributed by atoms with E-state index in [-0.39, 0.29) is 17.0 Å². The van der Waals surface area contributed by atoms with Gasteiger partial charge in [-0.1, -0.05) is 0 Å². The third-order valence-corrected chi connectivity index (χ3v) is 5.46. The Morgan fingerprint density at radius 2 is 2.08 bits per heavy atom. The molecular weight excluding hydrogens is 350 g/mol. The lowest BCUT2D eigenvalue weighted by atomic mass is 10.2. The number of aromatic nitrogens is 3. The largest absolute Gasteiger partial charge is 0.369 e. The van der Waals surface area contributed by atoms with E-state index in [1.165, 1.54) is 21.9 Å². The second kappa shape index (κ2) is 6.87. The number of carbonyl (C=O) groups is 1. The van der Waals surface area contributed by atoms with E-state index in [4.69, 9.17) is 0 Å². The van der Waals surface area contributed by atoms with Crippen LogP contribution in [-0.4, -0.2) is 51.4 Å². The van der Waals surface area contributed by atoms with Crippen LogP contribution >= 0.6 is 11.3 Å². The van der Waals surface area contributed by atoms with Crippen LogP contribution in [0.2, 0.25) is 0 Å². The molecule has 0 radical (unpaired) electrons. The zero-order valence-electron chi connectivity index (χ0n) is 14.5. The first-order valence-corrected chi connectivity index (χ1v) is 9.43. The average Bonchev–Trinajstić information content (AvgIpc) is 3.00. The van der Waals surface area contributed by atoms with Crippen LogP contribution in [-0.2, 0) is 0 Å². The molecule has 3 aromatic heterocycles. The SMILES string of the molecule is Cc1cnccc1N1CCCN(C(=O)c2cnc3sccn3c2=O)CC1. The molecule has 0 saturated carbocycles. The van der Waals surface area contributed by atoms with Gasteiger partial charge in [-0.15, -0.1) is 11.3 Å². The third-order valence-electron chi connectivity index (χ3n) is 4.69. The van der Waals surface area contributed by atoms with Gasteiger partial charge in [-0.2, -0.15) is 0 Å². The highest BCUT2D eigenvalue weighted by Gasteiger charge is 2.24. The van der Waals surface area contributed by atoms with E-state index in [0.29, 0.717) is 18.1 Å². The maximum absolute atomic E-state index is 12.9. The van der Waals surface area contributed by atoms with E-state index < -0.39 is 0 Å². The van der Waals surface area contributed by atoms with Crippen LogP contribution in [0.15, 0.2) is 41.0 Å². The Morgan fingerprint density at radius 3 is 2.92 bits per heavy atom.